The van der Waals surface area contributed by atoms with E-state index in [2.05, 4.69) is 15.0 Å². The Bertz CT molecular complexity index is 1300. The molecule has 0 amide bonds. The van der Waals surface area contributed by atoms with Gasteiger partial charge in [0.1, 0.15) is 23.3 Å². The normalized spacial score (nSPS) is 9.72. The number of nitrogens with zero attached hydrogens (tertiary/aromatic N) is 5. The minimum absolute atomic E-state index is 0.0801. The quantitative estimate of drug-likeness (QED) is 0.469. The molecular weight excluding hydrogens is 426 g/mol. The molecule has 8 nitrogen and oxygen atoms in total. The van der Waals surface area contributed by atoms with E-state index in [0.29, 0.717) is 22.3 Å². The summed E-state index contributed by atoms with van der Waals surface area (Å²) in [6.45, 7) is 5.98. The van der Waals surface area contributed by atoms with E-state index in [1.54, 1.807) is 10.6 Å². The number of aryl methyl sites for hydroxylation is 1. The summed E-state index contributed by atoms with van der Waals surface area (Å²) >= 11 is 6.16. The predicted molar refractivity (Wildman–Crippen MR) is 129 cm³/mol. The number of rotatable bonds is 2. The van der Waals surface area contributed by atoms with Gasteiger partial charge in [0, 0.05) is 6.42 Å². The van der Waals surface area contributed by atoms with Crippen LogP contribution in [0.1, 0.15) is 32.2 Å². The number of hydrogen-bond donors (Lipinski definition) is 2. The zero-order chi connectivity index (χ0) is 23.7. The molecule has 0 bridgehead atoms. The zero-order valence-corrected chi connectivity index (χ0v) is 18.8. The van der Waals surface area contributed by atoms with Crippen molar-refractivity contribution in [1.29, 1.82) is 5.26 Å². The van der Waals surface area contributed by atoms with Crippen molar-refractivity contribution in [2.75, 3.05) is 11.5 Å². The van der Waals surface area contributed by atoms with E-state index in [9.17, 15) is 4.79 Å². The lowest BCUT2D eigenvalue weighted by molar-refractivity contribution is 0.833. The fourth-order valence-corrected chi connectivity index (χ4v) is 3.06. The molecule has 9 heteroatoms. The van der Waals surface area contributed by atoms with E-state index in [0.717, 1.165) is 11.5 Å². The van der Waals surface area contributed by atoms with Crippen LogP contribution in [-0.4, -0.2) is 19.5 Å². The van der Waals surface area contributed by atoms with Crippen LogP contribution in [0.4, 0.5) is 11.8 Å². The van der Waals surface area contributed by atoms with Crippen molar-refractivity contribution >= 4 is 34.3 Å². The maximum absolute atomic E-state index is 12.8. The molecule has 0 aliphatic rings. The predicted octanol–water partition coefficient (Wildman–Crippen LogP) is 4.14. The minimum Gasteiger partial charge on any atom is -0.382 e. The number of aromatic nitrogens is 4. The SMILES string of the molecule is CC.CCc1nc2cccc(Cl)c2c(=O)n1-c1ccccc1.N#Cc1cnc(N)nc1N. The first kappa shape index (κ1) is 24.3. The lowest BCUT2D eigenvalue weighted by Crippen LogP contribution is -2.23. The van der Waals surface area contributed by atoms with E-state index in [1.807, 2.05) is 69.3 Å². The van der Waals surface area contributed by atoms with E-state index in [4.69, 9.17) is 28.3 Å². The van der Waals surface area contributed by atoms with Gasteiger partial charge in [-0.15, -0.1) is 0 Å². The summed E-state index contributed by atoms with van der Waals surface area (Å²) in [5.74, 6) is 0.933. The highest BCUT2D eigenvalue weighted by Crippen LogP contribution is 2.20. The van der Waals surface area contributed by atoms with Gasteiger partial charge in [-0.2, -0.15) is 10.2 Å². The van der Waals surface area contributed by atoms with Crippen molar-refractivity contribution in [1.82, 2.24) is 19.5 Å². The first-order valence-corrected chi connectivity index (χ1v) is 10.4. The van der Waals surface area contributed by atoms with Crippen LogP contribution in [0.5, 0.6) is 0 Å². The van der Waals surface area contributed by atoms with Crippen molar-refractivity contribution in [3.8, 4) is 11.8 Å². The van der Waals surface area contributed by atoms with Crippen LogP contribution in [0.25, 0.3) is 16.6 Å². The number of hydrogen-bond acceptors (Lipinski definition) is 7. The summed E-state index contributed by atoms with van der Waals surface area (Å²) < 4.78 is 1.63. The maximum atomic E-state index is 12.8. The Kier molecular flexibility index (Phi) is 8.69. The Hall–Kier alpha value is -3.96. The van der Waals surface area contributed by atoms with Gasteiger partial charge in [-0.25, -0.2) is 9.97 Å². The van der Waals surface area contributed by atoms with Gasteiger partial charge in [0.05, 0.1) is 27.8 Å². The van der Waals surface area contributed by atoms with Crippen LogP contribution < -0.4 is 17.0 Å². The Morgan fingerprint density at radius 2 is 1.75 bits per heavy atom. The molecule has 4 aromatic rings. The number of para-hydroxylation sites is 1. The zero-order valence-electron chi connectivity index (χ0n) is 18.1. The minimum atomic E-state index is -0.122. The second kappa shape index (κ2) is 11.4. The van der Waals surface area contributed by atoms with Gasteiger partial charge < -0.3 is 11.5 Å². The van der Waals surface area contributed by atoms with Crippen molar-refractivity contribution in [2.45, 2.75) is 27.2 Å². The van der Waals surface area contributed by atoms with E-state index >= 15 is 0 Å². The summed E-state index contributed by atoms with van der Waals surface area (Å²) in [6, 6.07) is 16.7. The van der Waals surface area contributed by atoms with Gasteiger partial charge >= 0.3 is 0 Å². The summed E-state index contributed by atoms with van der Waals surface area (Å²) in [5, 5.41) is 9.26. The first-order chi connectivity index (χ1) is 15.5. The monoisotopic (exact) mass is 449 g/mol. The summed E-state index contributed by atoms with van der Waals surface area (Å²) in [7, 11) is 0. The fourth-order valence-electron chi connectivity index (χ4n) is 2.81. The van der Waals surface area contributed by atoms with Crippen LogP contribution >= 0.6 is 11.6 Å². The fraction of sp³-hybridized carbons (Fsp3) is 0.174. The smallest absolute Gasteiger partial charge is 0.267 e. The highest BCUT2D eigenvalue weighted by Gasteiger charge is 2.13. The second-order valence-electron chi connectivity index (χ2n) is 6.13. The molecule has 0 saturated carbocycles. The van der Waals surface area contributed by atoms with Gasteiger partial charge in [0.2, 0.25) is 5.95 Å². The van der Waals surface area contributed by atoms with Crippen LogP contribution in [0.2, 0.25) is 5.02 Å². The molecule has 0 unspecified atom stereocenters. The van der Waals surface area contributed by atoms with Crippen molar-refractivity contribution in [3.05, 3.63) is 81.5 Å². The van der Waals surface area contributed by atoms with Crippen LogP contribution in [-0.2, 0) is 6.42 Å². The lowest BCUT2D eigenvalue weighted by atomic mass is 10.2. The highest BCUT2D eigenvalue weighted by molar-refractivity contribution is 6.35. The van der Waals surface area contributed by atoms with Crippen molar-refractivity contribution in [2.24, 2.45) is 0 Å². The Morgan fingerprint density at radius 1 is 1.06 bits per heavy atom. The third-order valence-corrected chi connectivity index (χ3v) is 4.52. The standard InChI is InChI=1S/C16H13ClN2O.C5H5N5.C2H6/c1-2-14-18-13-10-6-9-12(17)15(13)16(20)19(14)11-7-4-3-5-8-11;6-1-3-2-9-5(8)10-4(3)7;1-2/h3-10H,2H2,1H3;2H,(H4,7,8,9,10);1-2H3. The number of fused-ring (bicyclic) bond motifs is 1. The van der Waals surface area contributed by atoms with Gasteiger partial charge in [0.25, 0.3) is 5.56 Å². The van der Waals surface area contributed by atoms with E-state index < -0.39 is 0 Å². The largest absolute Gasteiger partial charge is 0.382 e. The molecule has 2 heterocycles. The number of nitrogens with two attached hydrogens (primary N) is 2. The molecular formula is C23H24ClN7O. The second-order valence-corrected chi connectivity index (χ2v) is 6.54. The van der Waals surface area contributed by atoms with Crippen LogP contribution in [0, 0.1) is 11.3 Å². The number of anilines is 2. The molecule has 0 atom stereocenters. The Balaban J connectivity index is 0.000000255. The molecule has 0 saturated heterocycles. The van der Waals surface area contributed by atoms with Gasteiger partial charge in [-0.3, -0.25) is 9.36 Å². The topological polar surface area (TPSA) is 136 Å². The number of halogens is 1. The number of benzene rings is 2. The Labute approximate surface area is 191 Å². The molecule has 4 rings (SSSR count). The molecule has 0 aliphatic carbocycles. The number of nitriles is 1. The van der Waals surface area contributed by atoms with Crippen LogP contribution in [0.15, 0.2) is 59.5 Å². The molecule has 0 aliphatic heterocycles. The number of nitrogen functional groups attached to an aromatic ring is 2. The summed E-state index contributed by atoms with van der Waals surface area (Å²) in [4.78, 5) is 24.5. The lowest BCUT2D eigenvalue weighted by Gasteiger charge is -2.12. The molecule has 32 heavy (non-hydrogen) atoms. The molecule has 164 valence electrons. The van der Waals surface area contributed by atoms with E-state index in [-0.39, 0.29) is 22.9 Å². The summed E-state index contributed by atoms with van der Waals surface area (Å²) in [5.41, 5.74) is 12.0. The molecule has 0 fully saturated rings. The molecule has 0 spiro atoms. The van der Waals surface area contributed by atoms with Crippen molar-refractivity contribution in [3.63, 3.8) is 0 Å². The molecule has 4 N–H and O–H groups in total. The maximum Gasteiger partial charge on any atom is 0.267 e. The van der Waals surface area contributed by atoms with Gasteiger partial charge in [-0.1, -0.05) is 56.6 Å². The molecule has 2 aromatic carbocycles. The third kappa shape index (κ3) is 5.39. The van der Waals surface area contributed by atoms with Gasteiger partial charge in [-0.05, 0) is 24.3 Å². The van der Waals surface area contributed by atoms with Crippen LogP contribution in [0.3, 0.4) is 0 Å². The molecule has 0 radical (unpaired) electrons. The van der Waals surface area contributed by atoms with Crippen molar-refractivity contribution < 1.29 is 0 Å². The average molecular weight is 450 g/mol. The molecule has 2 aromatic heterocycles. The van der Waals surface area contributed by atoms with Gasteiger partial charge in [0.15, 0.2) is 0 Å². The highest BCUT2D eigenvalue weighted by atomic mass is 35.5. The van der Waals surface area contributed by atoms with E-state index in [1.165, 1.54) is 6.20 Å². The Morgan fingerprint density at radius 3 is 2.34 bits per heavy atom. The average Bonchev–Trinajstić information content (AvgIpc) is 2.81. The third-order valence-electron chi connectivity index (χ3n) is 4.20. The first-order valence-electron chi connectivity index (χ1n) is 10.00. The summed E-state index contributed by atoms with van der Waals surface area (Å²) in [6.07, 6.45) is 1.96.